The Bertz CT molecular complexity index is 817. The van der Waals surface area contributed by atoms with Crippen molar-refractivity contribution in [2.75, 3.05) is 31.9 Å². The number of rotatable bonds is 17. The van der Waals surface area contributed by atoms with Gasteiger partial charge in [0.2, 0.25) is 23.1 Å². The molecular weight excluding hydrogens is 452 g/mol. The Morgan fingerprint density at radius 2 is 0.853 bits per heavy atom. The van der Waals surface area contributed by atoms with E-state index in [4.69, 9.17) is 0 Å². The number of thiol groups is 1. The highest BCUT2D eigenvalue weighted by Gasteiger charge is 2.20. The van der Waals surface area contributed by atoms with E-state index in [2.05, 4.69) is 33.9 Å². The van der Waals surface area contributed by atoms with Crippen LogP contribution in [0.4, 0.5) is 0 Å². The molecule has 0 saturated carbocycles. The zero-order chi connectivity index (χ0) is 24.8. The minimum Gasteiger partial charge on any atom is -0.382 e. The summed E-state index contributed by atoms with van der Waals surface area (Å²) in [6.07, 6.45) is 12.4. The summed E-state index contributed by atoms with van der Waals surface area (Å²) in [5.41, 5.74) is 1.40. The van der Waals surface area contributed by atoms with E-state index >= 15 is 0 Å². The molecule has 0 aromatic heterocycles. The SMILES string of the molecule is CCCNC1=CC(=O)C(NCCCCCCCCNC2=CC(=O)C(NCCS)=CC2=O)=CC1=O. The minimum atomic E-state index is -0.197. The zero-order valence-corrected chi connectivity index (χ0v) is 20.8. The summed E-state index contributed by atoms with van der Waals surface area (Å²) >= 11 is 4.08. The van der Waals surface area contributed by atoms with Gasteiger partial charge in [-0.15, -0.1) is 0 Å². The van der Waals surface area contributed by atoms with Crippen LogP contribution in [0.15, 0.2) is 47.1 Å². The summed E-state index contributed by atoms with van der Waals surface area (Å²) in [5.74, 6) is -0.137. The number of carbonyl (C=O) groups excluding carboxylic acids is 4. The van der Waals surface area contributed by atoms with Crippen molar-refractivity contribution in [3.8, 4) is 0 Å². The second-order valence-electron chi connectivity index (χ2n) is 8.24. The van der Waals surface area contributed by atoms with E-state index in [-0.39, 0.29) is 23.1 Å². The third kappa shape index (κ3) is 9.21. The van der Waals surface area contributed by atoms with Gasteiger partial charge in [0.25, 0.3) is 0 Å². The van der Waals surface area contributed by atoms with Crippen LogP contribution in [0.5, 0.6) is 0 Å². The molecule has 4 N–H and O–H groups in total. The molecule has 0 radical (unpaired) electrons. The van der Waals surface area contributed by atoms with Crippen molar-refractivity contribution >= 4 is 35.8 Å². The average Bonchev–Trinajstić information content (AvgIpc) is 2.82. The Morgan fingerprint density at radius 1 is 0.529 bits per heavy atom. The maximum atomic E-state index is 12.1. The highest BCUT2D eigenvalue weighted by atomic mass is 32.1. The maximum absolute atomic E-state index is 12.1. The van der Waals surface area contributed by atoms with Crippen molar-refractivity contribution in [3.05, 3.63) is 47.1 Å². The highest BCUT2D eigenvalue weighted by Crippen LogP contribution is 2.11. The Morgan fingerprint density at radius 3 is 1.21 bits per heavy atom. The van der Waals surface area contributed by atoms with Crippen molar-refractivity contribution in [3.63, 3.8) is 0 Å². The van der Waals surface area contributed by atoms with Gasteiger partial charge in [-0.1, -0.05) is 32.6 Å². The monoisotopic (exact) mass is 488 g/mol. The molecule has 9 heteroatoms. The Kier molecular flexibility index (Phi) is 12.2. The third-order valence-electron chi connectivity index (χ3n) is 5.39. The van der Waals surface area contributed by atoms with E-state index in [9.17, 15) is 19.2 Å². The summed E-state index contributed by atoms with van der Waals surface area (Å²) in [7, 11) is 0. The first-order valence-electron chi connectivity index (χ1n) is 12.1. The third-order valence-corrected chi connectivity index (χ3v) is 5.61. The molecule has 2 aliphatic carbocycles. The number of hydrogen-bond donors (Lipinski definition) is 5. The molecule has 2 aliphatic rings. The standard InChI is InChI=1S/C25H36N4O4S/c1-2-9-26-18-14-23(31)19(15-22(18)30)27-10-7-5-3-4-6-8-11-28-20-16-25(33)21(17-24(20)32)29-12-13-34/h14-17,26-29,34H,2-13H2,1H3. The molecule has 0 saturated heterocycles. The van der Waals surface area contributed by atoms with Gasteiger partial charge in [0.15, 0.2) is 0 Å². The smallest absolute Gasteiger partial charge is 0.203 e. The molecule has 0 fully saturated rings. The molecule has 0 atom stereocenters. The number of carbonyl (C=O) groups is 4. The highest BCUT2D eigenvalue weighted by molar-refractivity contribution is 7.80. The normalized spacial score (nSPS) is 15.9. The van der Waals surface area contributed by atoms with Crippen molar-refractivity contribution in [2.24, 2.45) is 0 Å². The number of ketones is 4. The molecule has 0 aliphatic heterocycles. The second-order valence-corrected chi connectivity index (χ2v) is 8.69. The minimum absolute atomic E-state index is 0.166. The van der Waals surface area contributed by atoms with E-state index in [1.807, 2.05) is 6.92 Å². The molecule has 0 unspecified atom stereocenters. The van der Waals surface area contributed by atoms with Crippen LogP contribution in [0.2, 0.25) is 0 Å². The van der Waals surface area contributed by atoms with Crippen LogP contribution in [0.25, 0.3) is 0 Å². The van der Waals surface area contributed by atoms with Gasteiger partial charge < -0.3 is 21.3 Å². The van der Waals surface area contributed by atoms with E-state index < -0.39 is 0 Å². The molecule has 0 aromatic carbocycles. The number of hydrogen-bond acceptors (Lipinski definition) is 9. The molecule has 0 amide bonds. The van der Waals surface area contributed by atoms with Gasteiger partial charge in [0.05, 0.1) is 22.8 Å². The summed E-state index contributed by atoms with van der Waals surface area (Å²) < 4.78 is 0. The number of allylic oxidation sites excluding steroid dienone is 4. The molecule has 0 heterocycles. The van der Waals surface area contributed by atoms with Crippen LogP contribution in [0.1, 0.15) is 51.9 Å². The van der Waals surface area contributed by atoms with Gasteiger partial charge in [-0.25, -0.2) is 0 Å². The summed E-state index contributed by atoms with van der Waals surface area (Å²) in [6, 6.07) is 0. The van der Waals surface area contributed by atoms with Gasteiger partial charge >= 0.3 is 0 Å². The zero-order valence-electron chi connectivity index (χ0n) is 19.9. The van der Waals surface area contributed by atoms with Crippen molar-refractivity contribution in [1.29, 1.82) is 0 Å². The van der Waals surface area contributed by atoms with E-state index in [1.165, 1.54) is 24.3 Å². The maximum Gasteiger partial charge on any atom is 0.203 e. The lowest BCUT2D eigenvalue weighted by Crippen LogP contribution is -2.30. The van der Waals surface area contributed by atoms with Crippen molar-refractivity contribution in [1.82, 2.24) is 21.3 Å². The predicted molar refractivity (Wildman–Crippen MR) is 136 cm³/mol. The lowest BCUT2D eigenvalue weighted by atomic mass is 10.1. The van der Waals surface area contributed by atoms with Crippen LogP contribution in [0, 0.1) is 0 Å². The topological polar surface area (TPSA) is 116 Å². The summed E-state index contributed by atoms with van der Waals surface area (Å²) in [4.78, 5) is 48.3. The van der Waals surface area contributed by atoms with Gasteiger partial charge in [0, 0.05) is 56.2 Å². The lowest BCUT2D eigenvalue weighted by molar-refractivity contribution is -0.115. The van der Waals surface area contributed by atoms with E-state index in [0.717, 1.165) is 44.9 Å². The number of nitrogens with one attached hydrogen (secondary N) is 4. The fourth-order valence-electron chi connectivity index (χ4n) is 3.53. The molecule has 8 nitrogen and oxygen atoms in total. The van der Waals surface area contributed by atoms with Crippen LogP contribution < -0.4 is 21.3 Å². The Balaban J connectivity index is 1.52. The van der Waals surface area contributed by atoms with E-state index in [1.54, 1.807) is 0 Å². The molecule has 0 spiro atoms. The van der Waals surface area contributed by atoms with Gasteiger partial charge in [-0.3, -0.25) is 19.2 Å². The Labute approximate surface area is 207 Å². The Hall–Kier alpha value is -2.81. The first kappa shape index (κ1) is 27.4. The quantitative estimate of drug-likeness (QED) is 0.120. The second kappa shape index (κ2) is 15.2. The largest absolute Gasteiger partial charge is 0.382 e. The van der Waals surface area contributed by atoms with Crippen molar-refractivity contribution < 1.29 is 19.2 Å². The van der Waals surface area contributed by atoms with E-state index in [0.29, 0.717) is 54.7 Å². The van der Waals surface area contributed by atoms with Crippen molar-refractivity contribution in [2.45, 2.75) is 51.9 Å². The van der Waals surface area contributed by atoms with Crippen LogP contribution in [-0.2, 0) is 19.2 Å². The molecule has 34 heavy (non-hydrogen) atoms. The molecular formula is C25H36N4O4S. The molecule has 186 valence electrons. The first-order chi connectivity index (χ1) is 16.5. The van der Waals surface area contributed by atoms with Gasteiger partial charge in [0.1, 0.15) is 0 Å². The number of unbranched alkanes of at least 4 members (excludes halogenated alkanes) is 5. The predicted octanol–water partition coefficient (Wildman–Crippen LogP) is 1.86. The van der Waals surface area contributed by atoms with Gasteiger partial charge in [-0.2, -0.15) is 12.6 Å². The van der Waals surface area contributed by atoms with Crippen LogP contribution in [-0.4, -0.2) is 55.1 Å². The molecule has 0 bridgehead atoms. The van der Waals surface area contributed by atoms with Crippen LogP contribution in [0.3, 0.4) is 0 Å². The summed E-state index contributed by atoms with van der Waals surface area (Å²) in [6.45, 7) is 4.50. The summed E-state index contributed by atoms with van der Waals surface area (Å²) in [5, 5.41) is 12.0. The van der Waals surface area contributed by atoms with Gasteiger partial charge in [-0.05, 0) is 19.3 Å². The fraction of sp³-hybridized carbons (Fsp3) is 0.520. The molecule has 2 rings (SSSR count). The first-order valence-corrected chi connectivity index (χ1v) is 12.7. The lowest BCUT2D eigenvalue weighted by Gasteiger charge is -2.15. The molecule has 0 aromatic rings. The fourth-order valence-corrected chi connectivity index (χ4v) is 3.64. The average molecular weight is 489 g/mol. The van der Waals surface area contributed by atoms with Crippen LogP contribution >= 0.6 is 12.6 Å².